The Hall–Kier alpha value is -2.09. The summed E-state index contributed by atoms with van der Waals surface area (Å²) in [6.45, 7) is 1.93. The van der Waals surface area contributed by atoms with E-state index in [-0.39, 0.29) is 18.1 Å². The summed E-state index contributed by atoms with van der Waals surface area (Å²) in [4.78, 5) is 30.7. The van der Waals surface area contributed by atoms with E-state index in [0.717, 1.165) is 5.69 Å². The number of nitrogens with zero attached hydrogens (tertiary/aromatic N) is 2. The molecule has 0 saturated carbocycles. The van der Waals surface area contributed by atoms with Gasteiger partial charge in [-0.2, -0.15) is 0 Å². The fraction of sp³-hybridized carbons (Fsp3) is 0.300. The average molecular weight is 267 g/mol. The van der Waals surface area contributed by atoms with Crippen LogP contribution in [0, 0.1) is 6.92 Å². The number of nitrogens with two attached hydrogens (primary N) is 1. The molecule has 1 rings (SSSR count). The van der Waals surface area contributed by atoms with Crippen LogP contribution in [0.3, 0.4) is 0 Å². The topological polar surface area (TPSA) is 110 Å². The van der Waals surface area contributed by atoms with E-state index in [4.69, 9.17) is 5.73 Å². The van der Waals surface area contributed by atoms with Crippen molar-refractivity contribution in [3.05, 3.63) is 23.8 Å². The molecule has 18 heavy (non-hydrogen) atoms. The predicted octanol–water partition coefficient (Wildman–Crippen LogP) is -1.20. The molecule has 1 aromatic rings. The summed E-state index contributed by atoms with van der Waals surface area (Å²) in [5, 5.41) is 4.68. The number of carbonyl (C=O) groups excluding carboxylic acids is 2. The van der Waals surface area contributed by atoms with Crippen LogP contribution < -0.4 is 16.4 Å². The lowest BCUT2D eigenvalue weighted by Gasteiger charge is -2.05. The van der Waals surface area contributed by atoms with Crippen molar-refractivity contribution in [1.82, 2.24) is 20.6 Å². The molecule has 0 fully saturated rings. The van der Waals surface area contributed by atoms with E-state index >= 15 is 0 Å². The third-order valence-corrected chi connectivity index (χ3v) is 2.04. The van der Waals surface area contributed by atoms with Gasteiger partial charge in [0.2, 0.25) is 0 Å². The van der Waals surface area contributed by atoms with Crippen molar-refractivity contribution in [3.63, 3.8) is 0 Å². The summed E-state index contributed by atoms with van der Waals surface area (Å²) < 4.78 is 0. The van der Waals surface area contributed by atoms with Crippen molar-refractivity contribution < 1.29 is 9.59 Å². The molecule has 1 heterocycles. The van der Waals surface area contributed by atoms with Gasteiger partial charge >= 0.3 is 11.8 Å². The van der Waals surface area contributed by atoms with Crippen LogP contribution >= 0.6 is 12.2 Å². The molecular weight excluding hydrogens is 254 g/mol. The van der Waals surface area contributed by atoms with Crippen molar-refractivity contribution in [2.45, 2.75) is 13.5 Å². The quantitative estimate of drug-likeness (QED) is 0.467. The first-order valence-corrected chi connectivity index (χ1v) is 5.51. The molecule has 0 bridgehead atoms. The number of aryl methyl sites for hydroxylation is 1. The summed E-state index contributed by atoms with van der Waals surface area (Å²) >= 11 is 4.57. The third-order valence-electron chi connectivity index (χ3n) is 1.89. The van der Waals surface area contributed by atoms with Crippen LogP contribution in [-0.4, -0.2) is 33.3 Å². The molecule has 0 radical (unpaired) electrons. The van der Waals surface area contributed by atoms with Crippen molar-refractivity contribution >= 4 is 29.0 Å². The Balaban J connectivity index is 2.38. The SMILES string of the molecule is Cc1cnc(CNC(=O)C(=O)NCC(N)=S)cn1. The van der Waals surface area contributed by atoms with Crippen LogP contribution in [0.1, 0.15) is 11.4 Å². The van der Waals surface area contributed by atoms with Gasteiger partial charge in [-0.25, -0.2) is 0 Å². The molecule has 0 atom stereocenters. The molecule has 0 saturated heterocycles. The molecule has 0 unspecified atom stereocenters. The second-order valence-corrected chi connectivity index (χ2v) is 4.01. The van der Waals surface area contributed by atoms with Crippen molar-refractivity contribution in [2.75, 3.05) is 6.54 Å². The van der Waals surface area contributed by atoms with Gasteiger partial charge in [0.15, 0.2) is 0 Å². The molecule has 1 aromatic heterocycles. The van der Waals surface area contributed by atoms with E-state index in [1.54, 1.807) is 13.1 Å². The second kappa shape index (κ2) is 6.60. The maximum absolute atomic E-state index is 11.3. The Kier molecular flexibility index (Phi) is 5.12. The number of rotatable bonds is 4. The molecule has 0 aliphatic rings. The Morgan fingerprint density at radius 2 is 1.94 bits per heavy atom. The smallest absolute Gasteiger partial charge is 0.309 e. The van der Waals surface area contributed by atoms with Crippen molar-refractivity contribution in [2.24, 2.45) is 5.73 Å². The van der Waals surface area contributed by atoms with Gasteiger partial charge in [0.05, 0.1) is 35.7 Å². The molecule has 0 aromatic carbocycles. The maximum Gasteiger partial charge on any atom is 0.309 e. The normalized spacial score (nSPS) is 9.61. The fourth-order valence-corrected chi connectivity index (χ4v) is 1.08. The van der Waals surface area contributed by atoms with E-state index < -0.39 is 11.8 Å². The molecule has 7 nitrogen and oxygen atoms in total. The van der Waals surface area contributed by atoms with Crippen molar-refractivity contribution in [3.8, 4) is 0 Å². The van der Waals surface area contributed by atoms with Crippen LogP contribution in [-0.2, 0) is 16.1 Å². The van der Waals surface area contributed by atoms with Gasteiger partial charge in [0.25, 0.3) is 0 Å². The molecule has 96 valence electrons. The van der Waals surface area contributed by atoms with Crippen LogP contribution in [0.15, 0.2) is 12.4 Å². The highest BCUT2D eigenvalue weighted by Gasteiger charge is 2.12. The third kappa shape index (κ3) is 4.83. The maximum atomic E-state index is 11.3. The van der Waals surface area contributed by atoms with E-state index in [1.807, 2.05) is 0 Å². The molecule has 0 spiro atoms. The van der Waals surface area contributed by atoms with E-state index in [1.165, 1.54) is 6.20 Å². The zero-order chi connectivity index (χ0) is 13.5. The summed E-state index contributed by atoms with van der Waals surface area (Å²) in [5.41, 5.74) is 6.53. The molecule has 0 aliphatic heterocycles. The lowest BCUT2D eigenvalue weighted by molar-refractivity contribution is -0.139. The number of nitrogens with one attached hydrogen (secondary N) is 2. The first kappa shape index (κ1) is 14.0. The Morgan fingerprint density at radius 1 is 1.28 bits per heavy atom. The van der Waals surface area contributed by atoms with Crippen LogP contribution in [0.5, 0.6) is 0 Å². The zero-order valence-electron chi connectivity index (χ0n) is 9.77. The largest absolute Gasteiger partial charge is 0.392 e. The molecule has 8 heteroatoms. The Morgan fingerprint density at radius 3 is 2.50 bits per heavy atom. The van der Waals surface area contributed by atoms with Crippen LogP contribution in [0.25, 0.3) is 0 Å². The summed E-state index contributed by atoms with van der Waals surface area (Å²) in [7, 11) is 0. The minimum Gasteiger partial charge on any atom is -0.392 e. The predicted molar refractivity (Wildman–Crippen MR) is 68.4 cm³/mol. The second-order valence-electron chi connectivity index (χ2n) is 3.48. The van der Waals surface area contributed by atoms with E-state index in [0.29, 0.717) is 5.69 Å². The van der Waals surface area contributed by atoms with Gasteiger partial charge in [0.1, 0.15) is 0 Å². The van der Waals surface area contributed by atoms with Gasteiger partial charge in [-0.05, 0) is 6.92 Å². The number of carbonyl (C=O) groups is 2. The minimum absolute atomic E-state index is 0.00801. The van der Waals surface area contributed by atoms with Gasteiger partial charge in [0, 0.05) is 6.20 Å². The summed E-state index contributed by atoms with van der Waals surface area (Å²) in [5.74, 6) is -1.56. The minimum atomic E-state index is -0.789. The first-order chi connectivity index (χ1) is 8.49. The Bertz CT molecular complexity index is 460. The van der Waals surface area contributed by atoms with E-state index in [9.17, 15) is 9.59 Å². The number of amides is 2. The lowest BCUT2D eigenvalue weighted by Crippen LogP contribution is -2.42. The molecule has 0 aliphatic carbocycles. The van der Waals surface area contributed by atoms with Gasteiger partial charge in [-0.15, -0.1) is 0 Å². The highest BCUT2D eigenvalue weighted by Crippen LogP contribution is 1.92. The number of hydrogen-bond acceptors (Lipinski definition) is 5. The van der Waals surface area contributed by atoms with E-state index in [2.05, 4.69) is 32.8 Å². The number of thiocarbonyl (C=S) groups is 1. The highest BCUT2D eigenvalue weighted by atomic mass is 32.1. The number of hydrogen-bond donors (Lipinski definition) is 3. The number of aromatic nitrogens is 2. The van der Waals surface area contributed by atoms with Gasteiger partial charge < -0.3 is 16.4 Å². The monoisotopic (exact) mass is 267 g/mol. The van der Waals surface area contributed by atoms with Gasteiger partial charge in [-0.1, -0.05) is 12.2 Å². The van der Waals surface area contributed by atoms with Crippen LogP contribution in [0.2, 0.25) is 0 Å². The Labute approximate surface area is 109 Å². The molecular formula is C10H13N5O2S. The van der Waals surface area contributed by atoms with Crippen LogP contribution in [0.4, 0.5) is 0 Å². The van der Waals surface area contributed by atoms with Crippen molar-refractivity contribution in [1.29, 1.82) is 0 Å². The fourth-order valence-electron chi connectivity index (χ4n) is 1.01. The van der Waals surface area contributed by atoms with Gasteiger partial charge in [-0.3, -0.25) is 19.6 Å². The summed E-state index contributed by atoms with van der Waals surface area (Å²) in [6.07, 6.45) is 3.11. The summed E-state index contributed by atoms with van der Waals surface area (Å²) in [6, 6.07) is 0. The highest BCUT2D eigenvalue weighted by molar-refractivity contribution is 7.80. The average Bonchev–Trinajstić information content (AvgIpc) is 2.34. The first-order valence-electron chi connectivity index (χ1n) is 5.11. The molecule has 4 N–H and O–H groups in total. The zero-order valence-corrected chi connectivity index (χ0v) is 10.6. The lowest BCUT2D eigenvalue weighted by atomic mass is 10.4. The molecule has 2 amide bonds. The standard InChI is InChI=1S/C10H13N5O2S/c1-6-2-13-7(3-12-6)4-14-9(16)10(17)15-5-8(11)18/h2-3H,4-5H2,1H3,(H2,11,18)(H,14,16)(H,15,17).